The lowest BCUT2D eigenvalue weighted by Crippen LogP contribution is -2.31. The molecule has 1 aromatic heterocycles. The Hall–Kier alpha value is -2.14. The monoisotopic (exact) mass is 325 g/mol. The predicted octanol–water partition coefficient (Wildman–Crippen LogP) is 2.76. The highest BCUT2D eigenvalue weighted by atomic mass is 16.3. The molecule has 1 saturated heterocycles. The van der Waals surface area contributed by atoms with E-state index in [0.29, 0.717) is 17.3 Å². The van der Waals surface area contributed by atoms with Crippen molar-refractivity contribution < 1.29 is 10.2 Å². The van der Waals surface area contributed by atoms with Crippen molar-refractivity contribution in [1.29, 1.82) is 0 Å². The van der Waals surface area contributed by atoms with Gasteiger partial charge in [-0.25, -0.2) is 9.97 Å². The number of aromatic hydroxyl groups is 1. The van der Waals surface area contributed by atoms with Crippen LogP contribution in [-0.2, 0) is 0 Å². The molecule has 2 aromatic rings. The van der Waals surface area contributed by atoms with Gasteiger partial charge in [-0.2, -0.15) is 0 Å². The first-order chi connectivity index (χ1) is 11.6. The second-order valence-electron chi connectivity index (χ2n) is 7.20. The van der Waals surface area contributed by atoms with Crippen molar-refractivity contribution in [3.05, 3.63) is 36.0 Å². The van der Waals surface area contributed by atoms with Gasteiger partial charge in [-0.3, -0.25) is 0 Å². The lowest BCUT2D eigenvalue weighted by atomic mass is 9.82. The first-order valence-electron chi connectivity index (χ1n) is 8.61. The molecule has 1 aliphatic heterocycles. The molecule has 2 atom stereocenters. The third kappa shape index (κ3) is 2.44. The van der Waals surface area contributed by atoms with Gasteiger partial charge in [-0.05, 0) is 37.8 Å². The number of phenols is 1. The molecule has 1 aromatic carbocycles. The molecule has 5 nitrogen and oxygen atoms in total. The number of hydrogen-bond acceptors (Lipinski definition) is 5. The fraction of sp³-hybridized carbons (Fsp3) is 0.474. The zero-order valence-corrected chi connectivity index (χ0v) is 13.9. The van der Waals surface area contributed by atoms with Crippen molar-refractivity contribution in [2.75, 3.05) is 24.6 Å². The molecule has 2 N–H and O–H groups in total. The zero-order chi connectivity index (χ0) is 16.7. The van der Waals surface area contributed by atoms with E-state index in [4.69, 9.17) is 4.98 Å². The number of fused-ring (bicyclic) bond motifs is 1. The Bertz CT molecular complexity index is 764. The minimum Gasteiger partial charge on any atom is -0.507 e. The van der Waals surface area contributed by atoms with Gasteiger partial charge in [0.15, 0.2) is 5.82 Å². The van der Waals surface area contributed by atoms with E-state index in [1.165, 1.54) is 12.8 Å². The Balaban J connectivity index is 1.69. The van der Waals surface area contributed by atoms with Crippen molar-refractivity contribution in [2.24, 2.45) is 11.3 Å². The van der Waals surface area contributed by atoms with E-state index in [0.717, 1.165) is 31.0 Å². The molecule has 24 heavy (non-hydrogen) atoms. The number of phenolic OH excluding ortho intramolecular Hbond substituents is 1. The summed E-state index contributed by atoms with van der Waals surface area (Å²) in [5.41, 5.74) is 1.57. The van der Waals surface area contributed by atoms with Crippen molar-refractivity contribution in [3.8, 4) is 17.1 Å². The van der Waals surface area contributed by atoms with E-state index in [-0.39, 0.29) is 17.8 Å². The van der Waals surface area contributed by atoms with Gasteiger partial charge < -0.3 is 15.1 Å². The maximum absolute atomic E-state index is 10.1. The van der Waals surface area contributed by atoms with Crippen molar-refractivity contribution in [2.45, 2.75) is 26.2 Å². The molecule has 2 heterocycles. The second kappa shape index (κ2) is 5.74. The number of aliphatic hydroxyl groups excluding tert-OH is 1. The molecule has 0 amide bonds. The number of nitrogens with zero attached hydrogens (tertiary/aromatic N) is 3. The first kappa shape index (κ1) is 15.4. The Morgan fingerprint density at radius 2 is 2.12 bits per heavy atom. The lowest BCUT2D eigenvalue weighted by Gasteiger charge is -2.26. The van der Waals surface area contributed by atoms with Crippen LogP contribution in [0.1, 0.15) is 25.0 Å². The average molecular weight is 325 g/mol. The van der Waals surface area contributed by atoms with Gasteiger partial charge in [0.25, 0.3) is 0 Å². The summed E-state index contributed by atoms with van der Waals surface area (Å²) in [5, 5.41) is 20.0. The number of aliphatic hydroxyl groups is 1. The molecule has 1 aliphatic carbocycles. The number of benzene rings is 1. The number of hydrogen-bond donors (Lipinski definition) is 2. The minimum atomic E-state index is 0.0356. The highest BCUT2D eigenvalue weighted by Crippen LogP contribution is 2.49. The summed E-state index contributed by atoms with van der Waals surface area (Å²) in [6.07, 6.45) is 3.50. The van der Waals surface area contributed by atoms with Crippen LogP contribution in [0.4, 0.5) is 5.82 Å². The predicted molar refractivity (Wildman–Crippen MR) is 92.9 cm³/mol. The van der Waals surface area contributed by atoms with Crippen LogP contribution in [0.3, 0.4) is 0 Å². The highest BCUT2D eigenvalue weighted by Gasteiger charge is 2.49. The van der Waals surface area contributed by atoms with Crippen molar-refractivity contribution in [1.82, 2.24) is 9.97 Å². The summed E-state index contributed by atoms with van der Waals surface area (Å²) in [5.74, 6) is 2.19. The molecule has 1 saturated carbocycles. The van der Waals surface area contributed by atoms with Gasteiger partial charge in [-0.15, -0.1) is 0 Å². The first-order valence-corrected chi connectivity index (χ1v) is 8.61. The third-order valence-corrected chi connectivity index (χ3v) is 5.66. The van der Waals surface area contributed by atoms with Crippen LogP contribution in [0.2, 0.25) is 0 Å². The fourth-order valence-corrected chi connectivity index (χ4v) is 4.34. The van der Waals surface area contributed by atoms with Crippen molar-refractivity contribution >= 4 is 5.82 Å². The Kier molecular flexibility index (Phi) is 3.68. The van der Waals surface area contributed by atoms with Gasteiger partial charge in [0.2, 0.25) is 0 Å². The Morgan fingerprint density at radius 3 is 2.88 bits per heavy atom. The summed E-state index contributed by atoms with van der Waals surface area (Å²) in [6.45, 7) is 4.00. The van der Waals surface area contributed by atoms with E-state index in [9.17, 15) is 10.2 Å². The molecule has 5 heteroatoms. The summed E-state index contributed by atoms with van der Waals surface area (Å²) >= 11 is 0. The van der Waals surface area contributed by atoms with Gasteiger partial charge in [-0.1, -0.05) is 18.6 Å². The molecule has 0 unspecified atom stereocenters. The van der Waals surface area contributed by atoms with E-state index in [1.807, 2.05) is 25.1 Å². The summed E-state index contributed by atoms with van der Waals surface area (Å²) in [6, 6.07) is 9.16. The van der Waals surface area contributed by atoms with E-state index >= 15 is 0 Å². The van der Waals surface area contributed by atoms with Crippen LogP contribution in [0, 0.1) is 18.3 Å². The van der Waals surface area contributed by atoms with Crippen LogP contribution in [0.15, 0.2) is 30.3 Å². The van der Waals surface area contributed by atoms with Gasteiger partial charge in [0.1, 0.15) is 11.6 Å². The number of para-hydroxylation sites is 1. The van der Waals surface area contributed by atoms with Crippen LogP contribution in [0.25, 0.3) is 11.4 Å². The third-order valence-electron chi connectivity index (χ3n) is 5.66. The summed E-state index contributed by atoms with van der Waals surface area (Å²) < 4.78 is 0. The van der Waals surface area contributed by atoms with Gasteiger partial charge in [0.05, 0.1) is 12.2 Å². The molecule has 0 bridgehead atoms. The largest absolute Gasteiger partial charge is 0.507 e. The van der Waals surface area contributed by atoms with Gasteiger partial charge >= 0.3 is 0 Å². The van der Waals surface area contributed by atoms with Crippen LogP contribution in [-0.4, -0.2) is 39.9 Å². The molecule has 2 fully saturated rings. The molecule has 2 aliphatic rings. The number of aryl methyl sites for hydroxylation is 1. The van der Waals surface area contributed by atoms with Crippen LogP contribution in [0.5, 0.6) is 5.75 Å². The topological polar surface area (TPSA) is 69.5 Å². The fourth-order valence-electron chi connectivity index (χ4n) is 4.34. The quantitative estimate of drug-likeness (QED) is 0.908. The maximum atomic E-state index is 10.1. The summed E-state index contributed by atoms with van der Waals surface area (Å²) in [4.78, 5) is 11.5. The SMILES string of the molecule is Cc1cc(N2C[C@H]3CCC[C@@]3(CO)C2)nc(-c2ccccc2O)n1. The second-order valence-corrected chi connectivity index (χ2v) is 7.20. The Morgan fingerprint density at radius 1 is 1.29 bits per heavy atom. The normalized spacial score (nSPS) is 25.9. The molecule has 0 spiro atoms. The van der Waals surface area contributed by atoms with Gasteiger partial charge in [0, 0.05) is 30.3 Å². The maximum Gasteiger partial charge on any atom is 0.165 e. The van der Waals surface area contributed by atoms with Crippen LogP contribution < -0.4 is 4.90 Å². The molecular formula is C19H23N3O2. The highest BCUT2D eigenvalue weighted by molar-refractivity contribution is 5.65. The van der Waals surface area contributed by atoms with E-state index in [1.54, 1.807) is 12.1 Å². The number of anilines is 1. The standard InChI is InChI=1S/C19H23N3O2/c1-13-9-17(21-18(20-13)15-6-2-3-7-16(15)24)22-10-14-5-4-8-19(14,11-22)12-23/h2-3,6-7,9,14,23-24H,4-5,8,10-12H2,1H3/t14-,19+/m1/s1. The van der Waals surface area contributed by atoms with E-state index < -0.39 is 0 Å². The lowest BCUT2D eigenvalue weighted by molar-refractivity contribution is 0.121. The molecular weight excluding hydrogens is 302 g/mol. The van der Waals surface area contributed by atoms with Crippen LogP contribution >= 0.6 is 0 Å². The summed E-state index contributed by atoms with van der Waals surface area (Å²) in [7, 11) is 0. The van der Waals surface area contributed by atoms with E-state index in [2.05, 4.69) is 9.88 Å². The number of aromatic nitrogens is 2. The molecule has 4 rings (SSSR count). The Labute approximate surface area is 142 Å². The molecule has 0 radical (unpaired) electrons. The zero-order valence-electron chi connectivity index (χ0n) is 13.9. The average Bonchev–Trinajstić information content (AvgIpc) is 3.12. The minimum absolute atomic E-state index is 0.0356. The molecule has 126 valence electrons. The van der Waals surface area contributed by atoms with Crippen molar-refractivity contribution in [3.63, 3.8) is 0 Å². The number of rotatable bonds is 3. The smallest absolute Gasteiger partial charge is 0.165 e.